The van der Waals surface area contributed by atoms with Crippen LogP contribution in [0.3, 0.4) is 0 Å². The van der Waals surface area contributed by atoms with Crippen molar-refractivity contribution in [3.05, 3.63) is 53.1 Å². The van der Waals surface area contributed by atoms with Gasteiger partial charge in [0.1, 0.15) is 11.9 Å². The molecule has 2 fully saturated rings. The number of benzene rings is 2. The van der Waals surface area contributed by atoms with E-state index in [1.54, 1.807) is 0 Å². The first-order chi connectivity index (χ1) is 15.0. The molecule has 162 valence electrons. The van der Waals surface area contributed by atoms with Crippen molar-refractivity contribution in [1.82, 2.24) is 4.90 Å². The highest BCUT2D eigenvalue weighted by molar-refractivity contribution is 5.80. The first-order valence-corrected chi connectivity index (χ1v) is 11.2. The van der Waals surface area contributed by atoms with Crippen molar-refractivity contribution in [2.24, 2.45) is 0 Å². The molecule has 0 aromatic heterocycles. The average molecular weight is 421 g/mol. The predicted molar refractivity (Wildman–Crippen MR) is 113 cm³/mol. The second-order valence-corrected chi connectivity index (χ2v) is 9.45. The number of rotatable bonds is 3. The van der Waals surface area contributed by atoms with Gasteiger partial charge in [-0.05, 0) is 54.7 Å². The lowest BCUT2D eigenvalue weighted by Crippen LogP contribution is -2.52. The topological polar surface area (TPSA) is 68.2 Å². The zero-order valence-corrected chi connectivity index (χ0v) is 17.7. The van der Waals surface area contributed by atoms with Gasteiger partial charge >= 0.3 is 0 Å². The molecule has 31 heavy (non-hydrogen) atoms. The van der Waals surface area contributed by atoms with Crippen molar-refractivity contribution in [3.63, 3.8) is 0 Å². The molecule has 4 heterocycles. The summed E-state index contributed by atoms with van der Waals surface area (Å²) in [5, 5.41) is 11.5. The lowest BCUT2D eigenvalue weighted by atomic mass is 9.80. The molecule has 0 spiro atoms. The van der Waals surface area contributed by atoms with Gasteiger partial charge in [0.2, 0.25) is 12.7 Å². The van der Waals surface area contributed by atoms with Crippen molar-refractivity contribution in [1.29, 1.82) is 0 Å². The Kier molecular flexibility index (Phi) is 4.22. The number of amides is 1. The predicted octanol–water partition coefficient (Wildman–Crippen LogP) is 3.32. The summed E-state index contributed by atoms with van der Waals surface area (Å²) in [4.78, 5) is 15.3. The second-order valence-electron chi connectivity index (χ2n) is 9.45. The summed E-state index contributed by atoms with van der Waals surface area (Å²) in [5.41, 5.74) is 2.15. The molecule has 0 radical (unpaired) electrons. The minimum Gasteiger partial charge on any atom is -0.490 e. The van der Waals surface area contributed by atoms with Crippen LogP contribution in [-0.4, -0.2) is 40.9 Å². The molecule has 2 aromatic rings. The van der Waals surface area contributed by atoms with E-state index in [0.29, 0.717) is 25.0 Å². The SMILES string of the molecule is CC1Cc2cc(CC(=O)N3C4CCC3CC(O)(c3ccc5c(c3)OCO5)C4)ccc2O1. The summed E-state index contributed by atoms with van der Waals surface area (Å²) < 4.78 is 16.7. The van der Waals surface area contributed by atoms with Crippen LogP contribution in [0.4, 0.5) is 0 Å². The molecule has 2 bridgehead atoms. The standard InChI is InChI=1S/C25H27NO5/c1-15-8-17-9-16(2-6-21(17)31-15)10-24(27)26-19-4-5-20(26)13-25(28,12-19)18-3-7-22-23(11-18)30-14-29-22/h2-3,6-7,9,11,15,19-20,28H,4-5,8,10,12-14H2,1H3. The van der Waals surface area contributed by atoms with Crippen LogP contribution >= 0.6 is 0 Å². The molecule has 1 amide bonds. The lowest BCUT2D eigenvalue weighted by molar-refractivity contribution is -0.141. The molecule has 4 aliphatic heterocycles. The van der Waals surface area contributed by atoms with Gasteiger partial charge in [-0.2, -0.15) is 0 Å². The van der Waals surface area contributed by atoms with Crippen LogP contribution in [0.15, 0.2) is 36.4 Å². The highest BCUT2D eigenvalue weighted by Gasteiger charge is 2.50. The molecule has 0 aliphatic carbocycles. The normalized spacial score (nSPS) is 30.3. The maximum absolute atomic E-state index is 13.3. The van der Waals surface area contributed by atoms with Crippen LogP contribution in [0.2, 0.25) is 0 Å². The molecule has 2 saturated heterocycles. The third-order valence-corrected chi connectivity index (χ3v) is 7.28. The summed E-state index contributed by atoms with van der Waals surface area (Å²) in [6, 6.07) is 11.9. The Morgan fingerprint density at radius 1 is 1.06 bits per heavy atom. The van der Waals surface area contributed by atoms with Gasteiger partial charge < -0.3 is 24.2 Å². The summed E-state index contributed by atoms with van der Waals surface area (Å²) in [6.45, 7) is 2.29. The fourth-order valence-corrected chi connectivity index (χ4v) is 5.91. The van der Waals surface area contributed by atoms with E-state index >= 15 is 0 Å². The second kappa shape index (κ2) is 6.89. The number of nitrogens with zero attached hydrogens (tertiary/aromatic N) is 1. The molecule has 3 atom stereocenters. The molecule has 0 saturated carbocycles. The van der Waals surface area contributed by atoms with E-state index in [1.807, 2.05) is 35.2 Å². The van der Waals surface area contributed by atoms with E-state index < -0.39 is 5.60 Å². The van der Waals surface area contributed by atoms with Crippen LogP contribution in [0.5, 0.6) is 17.2 Å². The van der Waals surface area contributed by atoms with Crippen LogP contribution in [0, 0.1) is 0 Å². The van der Waals surface area contributed by atoms with Crippen molar-refractivity contribution >= 4 is 5.91 Å². The molecule has 2 aromatic carbocycles. The van der Waals surface area contributed by atoms with E-state index in [0.717, 1.165) is 41.9 Å². The van der Waals surface area contributed by atoms with Crippen LogP contribution < -0.4 is 14.2 Å². The van der Waals surface area contributed by atoms with Crippen molar-refractivity contribution in [2.45, 2.75) is 69.2 Å². The highest BCUT2D eigenvalue weighted by atomic mass is 16.7. The van der Waals surface area contributed by atoms with Crippen molar-refractivity contribution in [3.8, 4) is 17.2 Å². The summed E-state index contributed by atoms with van der Waals surface area (Å²) in [7, 11) is 0. The van der Waals surface area contributed by atoms with Crippen LogP contribution in [-0.2, 0) is 23.2 Å². The smallest absolute Gasteiger partial charge is 0.231 e. The summed E-state index contributed by atoms with van der Waals surface area (Å²) in [5.74, 6) is 2.51. The minimum atomic E-state index is -0.940. The number of hydrogen-bond acceptors (Lipinski definition) is 5. The van der Waals surface area contributed by atoms with Crippen molar-refractivity contribution < 1.29 is 24.1 Å². The van der Waals surface area contributed by atoms with Gasteiger partial charge in [0.25, 0.3) is 0 Å². The zero-order chi connectivity index (χ0) is 21.2. The first-order valence-electron chi connectivity index (χ1n) is 11.2. The average Bonchev–Trinajstić information content (AvgIpc) is 3.42. The maximum atomic E-state index is 13.3. The fourth-order valence-electron chi connectivity index (χ4n) is 5.91. The van der Waals surface area contributed by atoms with Gasteiger partial charge in [-0.15, -0.1) is 0 Å². The van der Waals surface area contributed by atoms with E-state index in [2.05, 4.69) is 13.0 Å². The molecule has 3 unspecified atom stereocenters. The maximum Gasteiger partial charge on any atom is 0.231 e. The van der Waals surface area contributed by atoms with Crippen LogP contribution in [0.25, 0.3) is 0 Å². The van der Waals surface area contributed by atoms with E-state index in [-0.39, 0.29) is 30.9 Å². The Balaban J connectivity index is 1.19. The minimum absolute atomic E-state index is 0.0689. The molecular weight excluding hydrogens is 394 g/mol. The molecule has 4 aliphatic rings. The van der Waals surface area contributed by atoms with E-state index in [1.165, 1.54) is 5.56 Å². The summed E-state index contributed by atoms with van der Waals surface area (Å²) in [6.07, 6.45) is 4.51. The molecule has 1 N–H and O–H groups in total. The van der Waals surface area contributed by atoms with Crippen LogP contribution in [0.1, 0.15) is 49.3 Å². The number of piperidine rings is 1. The Bertz CT molecular complexity index is 1040. The molecule has 6 heteroatoms. The van der Waals surface area contributed by atoms with Gasteiger partial charge in [-0.25, -0.2) is 0 Å². The van der Waals surface area contributed by atoms with E-state index in [4.69, 9.17) is 14.2 Å². The third kappa shape index (κ3) is 3.16. The van der Waals surface area contributed by atoms with Gasteiger partial charge in [0.15, 0.2) is 11.5 Å². The largest absolute Gasteiger partial charge is 0.490 e. The van der Waals surface area contributed by atoms with Gasteiger partial charge in [0.05, 0.1) is 12.0 Å². The Morgan fingerprint density at radius 3 is 2.61 bits per heavy atom. The molecule has 6 rings (SSSR count). The lowest BCUT2D eigenvalue weighted by Gasteiger charge is -2.44. The number of fused-ring (bicyclic) bond motifs is 4. The Hall–Kier alpha value is -2.73. The Morgan fingerprint density at radius 2 is 1.81 bits per heavy atom. The van der Waals surface area contributed by atoms with Gasteiger partial charge in [-0.3, -0.25) is 4.79 Å². The number of ether oxygens (including phenoxy) is 3. The van der Waals surface area contributed by atoms with Gasteiger partial charge in [0, 0.05) is 31.3 Å². The summed E-state index contributed by atoms with van der Waals surface area (Å²) >= 11 is 0. The Labute approximate surface area is 181 Å². The quantitative estimate of drug-likeness (QED) is 0.824. The molecular formula is C25H27NO5. The van der Waals surface area contributed by atoms with Gasteiger partial charge in [-0.1, -0.05) is 18.2 Å². The number of aliphatic hydroxyl groups is 1. The first kappa shape index (κ1) is 19.0. The number of carbonyl (C=O) groups is 1. The fraction of sp³-hybridized carbons (Fsp3) is 0.480. The monoisotopic (exact) mass is 421 g/mol. The van der Waals surface area contributed by atoms with E-state index in [9.17, 15) is 9.90 Å². The van der Waals surface area contributed by atoms with Crippen molar-refractivity contribution in [2.75, 3.05) is 6.79 Å². The number of hydrogen-bond donors (Lipinski definition) is 1. The third-order valence-electron chi connectivity index (χ3n) is 7.28. The number of carbonyl (C=O) groups excluding carboxylic acids is 1. The zero-order valence-electron chi connectivity index (χ0n) is 17.7. The highest BCUT2D eigenvalue weighted by Crippen LogP contribution is 2.47. The molecule has 6 nitrogen and oxygen atoms in total.